The van der Waals surface area contributed by atoms with Crippen LogP contribution in [0.25, 0.3) is 0 Å². The van der Waals surface area contributed by atoms with Crippen LogP contribution in [0.2, 0.25) is 10.0 Å². The van der Waals surface area contributed by atoms with Crippen LogP contribution in [0.5, 0.6) is 5.75 Å². The molecule has 32 heavy (non-hydrogen) atoms. The smallest absolute Gasteiger partial charge is 0.262 e. The Bertz CT molecular complexity index is 1150. The van der Waals surface area contributed by atoms with Gasteiger partial charge in [-0.3, -0.25) is 9.59 Å². The molecule has 0 saturated carbocycles. The van der Waals surface area contributed by atoms with E-state index in [4.69, 9.17) is 27.9 Å². The molecule has 11 heteroatoms. The Morgan fingerprint density at radius 2 is 1.97 bits per heavy atom. The van der Waals surface area contributed by atoms with Crippen molar-refractivity contribution in [3.63, 3.8) is 0 Å². The lowest BCUT2D eigenvalue weighted by atomic mass is 9.99. The number of benzene rings is 2. The van der Waals surface area contributed by atoms with Gasteiger partial charge in [0.1, 0.15) is 10.6 Å². The van der Waals surface area contributed by atoms with E-state index in [2.05, 4.69) is 10.6 Å². The molecule has 2 aromatic rings. The molecule has 8 nitrogen and oxygen atoms in total. The van der Waals surface area contributed by atoms with Crippen molar-refractivity contribution in [3.8, 4) is 5.75 Å². The number of hydrogen-bond acceptors (Lipinski definition) is 5. The summed E-state index contributed by atoms with van der Waals surface area (Å²) in [6.07, 6.45) is 1.14. The van der Waals surface area contributed by atoms with Crippen molar-refractivity contribution < 1.29 is 22.7 Å². The maximum Gasteiger partial charge on any atom is 0.262 e. The minimum atomic E-state index is -3.96. The van der Waals surface area contributed by atoms with Crippen molar-refractivity contribution in [1.29, 1.82) is 0 Å². The van der Waals surface area contributed by atoms with E-state index in [1.807, 2.05) is 12.1 Å². The normalized spacial score (nSPS) is 18.9. The minimum Gasteiger partial charge on any atom is -0.482 e. The fourth-order valence-electron chi connectivity index (χ4n) is 3.73. The summed E-state index contributed by atoms with van der Waals surface area (Å²) in [5, 5.41) is 6.05. The topological polar surface area (TPSA) is 105 Å². The molecule has 4 rings (SSSR count). The number of carbonyl (C=O) groups is 2. The van der Waals surface area contributed by atoms with Gasteiger partial charge >= 0.3 is 0 Å². The number of fused-ring (bicyclic) bond motifs is 1. The van der Waals surface area contributed by atoms with Crippen LogP contribution in [0.1, 0.15) is 18.4 Å². The molecule has 170 valence electrons. The number of hydrogen-bond donors (Lipinski definition) is 2. The van der Waals surface area contributed by atoms with Gasteiger partial charge in [0, 0.05) is 30.7 Å². The molecular formula is C21H21Cl2N3O5S. The molecule has 0 radical (unpaired) electrons. The second-order valence-electron chi connectivity index (χ2n) is 7.66. The molecule has 0 bridgehead atoms. The monoisotopic (exact) mass is 497 g/mol. The molecular weight excluding hydrogens is 477 g/mol. The van der Waals surface area contributed by atoms with Gasteiger partial charge in [-0.1, -0.05) is 35.3 Å². The van der Waals surface area contributed by atoms with E-state index in [0.717, 1.165) is 5.56 Å². The third kappa shape index (κ3) is 4.85. The Kier molecular flexibility index (Phi) is 6.62. The summed E-state index contributed by atoms with van der Waals surface area (Å²) in [5.41, 5.74) is 1.22. The van der Waals surface area contributed by atoms with Crippen LogP contribution in [0, 0.1) is 5.92 Å². The lowest BCUT2D eigenvalue weighted by molar-refractivity contribution is -0.126. The average Bonchev–Trinajstić information content (AvgIpc) is 2.78. The first-order valence-electron chi connectivity index (χ1n) is 10.0. The van der Waals surface area contributed by atoms with Gasteiger partial charge in [-0.05, 0) is 36.6 Å². The lowest BCUT2D eigenvalue weighted by Gasteiger charge is -2.31. The number of anilines is 1. The molecule has 2 amide bonds. The van der Waals surface area contributed by atoms with Crippen molar-refractivity contribution in [3.05, 3.63) is 52.0 Å². The summed E-state index contributed by atoms with van der Waals surface area (Å²) in [5.74, 6) is -0.783. The number of nitrogens with one attached hydrogen (secondary N) is 2. The third-order valence-corrected chi connectivity index (χ3v) is 8.00. The minimum absolute atomic E-state index is 0.0242. The molecule has 2 aliphatic heterocycles. The first kappa shape index (κ1) is 22.8. The van der Waals surface area contributed by atoms with Gasteiger partial charge in [0.2, 0.25) is 15.9 Å². The van der Waals surface area contributed by atoms with E-state index in [0.29, 0.717) is 30.1 Å². The number of piperidine rings is 1. The summed E-state index contributed by atoms with van der Waals surface area (Å²) >= 11 is 12.1. The summed E-state index contributed by atoms with van der Waals surface area (Å²) in [6.45, 7) is 0.473. The number of ether oxygens (including phenoxy) is 1. The summed E-state index contributed by atoms with van der Waals surface area (Å²) in [7, 11) is -3.96. The number of halogens is 2. The Morgan fingerprint density at radius 3 is 2.72 bits per heavy atom. The molecule has 0 spiro atoms. The van der Waals surface area contributed by atoms with Crippen LogP contribution in [-0.2, 0) is 26.2 Å². The molecule has 1 fully saturated rings. The van der Waals surface area contributed by atoms with E-state index >= 15 is 0 Å². The van der Waals surface area contributed by atoms with Crippen LogP contribution in [-0.4, -0.2) is 44.2 Å². The number of amides is 2. The van der Waals surface area contributed by atoms with Gasteiger partial charge < -0.3 is 15.4 Å². The first-order valence-corrected chi connectivity index (χ1v) is 12.2. The number of nitrogens with zero attached hydrogens (tertiary/aromatic N) is 1. The van der Waals surface area contributed by atoms with Gasteiger partial charge in [-0.25, -0.2) is 8.42 Å². The van der Waals surface area contributed by atoms with Crippen molar-refractivity contribution in [1.82, 2.24) is 9.62 Å². The second kappa shape index (κ2) is 9.27. The van der Waals surface area contributed by atoms with Gasteiger partial charge in [-0.2, -0.15) is 4.31 Å². The first-order chi connectivity index (χ1) is 15.2. The average molecular weight is 498 g/mol. The van der Waals surface area contributed by atoms with E-state index in [1.54, 1.807) is 12.1 Å². The molecule has 2 heterocycles. The summed E-state index contributed by atoms with van der Waals surface area (Å²) in [6, 6.07) is 9.81. The van der Waals surface area contributed by atoms with Crippen LogP contribution in [0.4, 0.5) is 5.69 Å². The molecule has 2 N–H and O–H groups in total. The molecule has 2 aliphatic rings. The molecule has 2 aromatic carbocycles. The predicted molar refractivity (Wildman–Crippen MR) is 120 cm³/mol. The van der Waals surface area contributed by atoms with Crippen LogP contribution in [0.15, 0.2) is 41.3 Å². The van der Waals surface area contributed by atoms with Crippen LogP contribution in [0.3, 0.4) is 0 Å². The standard InChI is InChI=1S/C21H21Cl2N3O5S/c22-15-5-3-13(4-6-15)10-24-21(28)14-2-1-7-26(11-14)32(29,30)19-9-18-17(8-16(19)23)25-20(27)12-31-18/h3-6,8-9,14H,1-2,7,10-12H2,(H,24,28)(H,25,27)/t14-/m1/s1. The maximum atomic E-state index is 13.3. The lowest BCUT2D eigenvalue weighted by Crippen LogP contribution is -2.45. The Balaban J connectivity index is 1.47. The zero-order chi connectivity index (χ0) is 22.9. The van der Waals surface area contributed by atoms with Crippen molar-refractivity contribution in [2.75, 3.05) is 25.0 Å². The SMILES string of the molecule is O=C1COc2cc(S(=O)(=O)N3CCC[C@@H](C(=O)NCc4ccc(Cl)cc4)C3)c(Cl)cc2N1. The molecule has 0 aromatic heterocycles. The van der Waals surface area contributed by atoms with E-state index in [1.165, 1.54) is 16.4 Å². The molecule has 1 atom stereocenters. The predicted octanol–water partition coefficient (Wildman–Crippen LogP) is 3.04. The van der Waals surface area contributed by atoms with Crippen molar-refractivity contribution in [2.24, 2.45) is 5.92 Å². The molecule has 1 saturated heterocycles. The zero-order valence-corrected chi connectivity index (χ0v) is 19.3. The van der Waals surface area contributed by atoms with Gasteiger partial charge in [-0.15, -0.1) is 0 Å². The zero-order valence-electron chi connectivity index (χ0n) is 16.9. The Morgan fingerprint density at radius 1 is 1.22 bits per heavy atom. The van der Waals surface area contributed by atoms with Crippen LogP contribution >= 0.6 is 23.2 Å². The highest BCUT2D eigenvalue weighted by Crippen LogP contribution is 2.37. The van der Waals surface area contributed by atoms with Gasteiger partial charge in [0.05, 0.1) is 16.6 Å². The summed E-state index contributed by atoms with van der Waals surface area (Å²) in [4.78, 5) is 24.1. The number of carbonyl (C=O) groups excluding carboxylic acids is 2. The highest BCUT2D eigenvalue weighted by atomic mass is 35.5. The Labute approximate surface area is 195 Å². The largest absolute Gasteiger partial charge is 0.482 e. The van der Waals surface area contributed by atoms with E-state index in [-0.39, 0.29) is 47.2 Å². The van der Waals surface area contributed by atoms with E-state index < -0.39 is 15.9 Å². The third-order valence-electron chi connectivity index (χ3n) is 5.42. The Hall–Kier alpha value is -2.33. The highest BCUT2D eigenvalue weighted by Gasteiger charge is 2.35. The van der Waals surface area contributed by atoms with Crippen LogP contribution < -0.4 is 15.4 Å². The fraction of sp³-hybridized carbons (Fsp3) is 0.333. The quantitative estimate of drug-likeness (QED) is 0.660. The van der Waals surface area contributed by atoms with Gasteiger partial charge in [0.25, 0.3) is 5.91 Å². The maximum absolute atomic E-state index is 13.3. The van der Waals surface area contributed by atoms with E-state index in [9.17, 15) is 18.0 Å². The van der Waals surface area contributed by atoms with Gasteiger partial charge in [0.15, 0.2) is 6.61 Å². The second-order valence-corrected chi connectivity index (χ2v) is 10.4. The highest BCUT2D eigenvalue weighted by molar-refractivity contribution is 7.89. The fourth-order valence-corrected chi connectivity index (χ4v) is 5.90. The number of sulfonamides is 1. The number of rotatable bonds is 5. The van der Waals surface area contributed by atoms with Crippen molar-refractivity contribution in [2.45, 2.75) is 24.3 Å². The molecule has 0 aliphatic carbocycles. The van der Waals surface area contributed by atoms with Crippen molar-refractivity contribution >= 4 is 50.7 Å². The summed E-state index contributed by atoms with van der Waals surface area (Å²) < 4.78 is 33.2. The molecule has 0 unspecified atom stereocenters.